The lowest BCUT2D eigenvalue weighted by Crippen LogP contribution is -2.57. The van der Waals surface area contributed by atoms with Crippen molar-refractivity contribution in [3.05, 3.63) is 47.3 Å². The summed E-state index contributed by atoms with van der Waals surface area (Å²) in [5.74, 6) is 0. The van der Waals surface area contributed by atoms with Gasteiger partial charge in [-0.2, -0.15) is 5.26 Å². The second-order valence-electron chi connectivity index (χ2n) is 8.12. The summed E-state index contributed by atoms with van der Waals surface area (Å²) in [5.41, 5.74) is 4.09. The van der Waals surface area contributed by atoms with E-state index in [-0.39, 0.29) is 0 Å². The van der Waals surface area contributed by atoms with Crippen molar-refractivity contribution in [3.63, 3.8) is 0 Å². The Morgan fingerprint density at radius 3 is 2.75 bits per heavy atom. The van der Waals surface area contributed by atoms with Crippen LogP contribution in [0.2, 0.25) is 0 Å². The highest BCUT2D eigenvalue weighted by Crippen LogP contribution is 2.43. The molecule has 3 heterocycles. The molecule has 0 radical (unpaired) electrons. The Bertz CT molecular complexity index is 1200. The lowest BCUT2D eigenvalue weighted by Gasteiger charge is -2.39. The van der Waals surface area contributed by atoms with Crippen molar-refractivity contribution in [2.24, 2.45) is 0 Å². The van der Waals surface area contributed by atoms with Crippen molar-refractivity contribution in [2.45, 2.75) is 54.1 Å². The minimum absolute atomic E-state index is 0.386. The molecule has 0 spiro atoms. The summed E-state index contributed by atoms with van der Waals surface area (Å²) in [6.07, 6.45) is -0.869. The number of thioether (sulfide) groups is 1. The van der Waals surface area contributed by atoms with Crippen molar-refractivity contribution >= 4 is 22.7 Å². The number of ether oxygens (including phenoxy) is 1. The van der Waals surface area contributed by atoms with E-state index in [1.54, 1.807) is 0 Å². The molecule has 0 bridgehead atoms. The first-order valence-corrected chi connectivity index (χ1v) is 11.4. The van der Waals surface area contributed by atoms with E-state index in [1.807, 2.05) is 30.5 Å². The minimum Gasteiger partial charge on any atom is -0.394 e. The van der Waals surface area contributed by atoms with Gasteiger partial charge in [0.1, 0.15) is 40.9 Å². The monoisotopic (exact) mass is 453 g/mol. The van der Waals surface area contributed by atoms with Crippen LogP contribution in [0.4, 0.5) is 0 Å². The van der Waals surface area contributed by atoms with Crippen LogP contribution in [0, 0.1) is 11.3 Å². The summed E-state index contributed by atoms with van der Waals surface area (Å²) in [6.45, 7) is -0.509. The number of para-hydroxylation sites is 1. The zero-order valence-electron chi connectivity index (χ0n) is 17.1. The van der Waals surface area contributed by atoms with Crippen LogP contribution in [0.25, 0.3) is 22.0 Å². The fourth-order valence-corrected chi connectivity index (χ4v) is 5.74. The molecule has 1 aromatic carbocycles. The molecule has 166 valence electrons. The van der Waals surface area contributed by atoms with Crippen LogP contribution in [0.15, 0.2) is 35.5 Å². The Morgan fingerprint density at radius 2 is 1.97 bits per heavy atom. The molecule has 2 aliphatic rings. The average molecular weight is 454 g/mol. The summed E-state index contributed by atoms with van der Waals surface area (Å²) < 4.78 is 5.65. The lowest BCUT2D eigenvalue weighted by molar-refractivity contribution is -0.205. The van der Waals surface area contributed by atoms with E-state index >= 15 is 0 Å². The molecule has 5 N–H and O–H groups in total. The fourth-order valence-electron chi connectivity index (χ4n) is 4.60. The van der Waals surface area contributed by atoms with E-state index in [2.05, 4.69) is 11.1 Å². The zero-order valence-corrected chi connectivity index (χ0v) is 17.9. The molecule has 9 heteroatoms. The molecule has 1 aliphatic heterocycles. The van der Waals surface area contributed by atoms with Crippen LogP contribution in [0.1, 0.15) is 23.2 Å². The van der Waals surface area contributed by atoms with Crippen LogP contribution in [-0.2, 0) is 17.6 Å². The lowest BCUT2D eigenvalue weighted by atomic mass is 9.95. The molecule has 0 amide bonds. The maximum atomic E-state index is 10.5. The SMILES string of the molecule is N#Cc1c(S[C@@H]2O[C@H](CO)[C@@H](O)[C@H](O)[C@H]2O)nc2c(c1-c1c[nH]c3ccccc13)CCC2. The topological polar surface area (TPSA) is 143 Å². The summed E-state index contributed by atoms with van der Waals surface area (Å²) in [5, 5.41) is 51.7. The smallest absolute Gasteiger partial charge is 0.138 e. The van der Waals surface area contributed by atoms with Crippen LogP contribution in [0.5, 0.6) is 0 Å². The van der Waals surface area contributed by atoms with Crippen LogP contribution in [0.3, 0.4) is 0 Å². The average Bonchev–Trinajstić information content (AvgIpc) is 3.45. The number of aryl methyl sites for hydroxylation is 1. The predicted octanol–water partition coefficient (Wildman–Crippen LogP) is 1.48. The summed E-state index contributed by atoms with van der Waals surface area (Å²) in [7, 11) is 0. The van der Waals surface area contributed by atoms with Gasteiger partial charge in [0.05, 0.1) is 12.2 Å². The van der Waals surface area contributed by atoms with Crippen molar-refractivity contribution in [1.29, 1.82) is 5.26 Å². The van der Waals surface area contributed by atoms with Crippen molar-refractivity contribution in [1.82, 2.24) is 9.97 Å². The van der Waals surface area contributed by atoms with Gasteiger partial charge in [0.25, 0.3) is 0 Å². The standard InChI is InChI=1S/C23H23N3O5S/c24-8-13-18(14-9-25-15-6-2-1-4-11(14)15)12-5-3-7-16(12)26-22(13)32-23-21(30)20(29)19(28)17(10-27)31-23/h1-2,4,6,9,17,19-21,23,25,27-30H,3,5,7,10H2/t17-,19-,20+,21-,23+/m1/s1. The van der Waals surface area contributed by atoms with Gasteiger partial charge in [-0.05, 0) is 30.9 Å². The minimum atomic E-state index is -1.48. The maximum Gasteiger partial charge on any atom is 0.138 e. The van der Waals surface area contributed by atoms with E-state index in [9.17, 15) is 25.7 Å². The normalized spacial score (nSPS) is 27.4. The molecule has 1 aliphatic carbocycles. The molecule has 32 heavy (non-hydrogen) atoms. The molecule has 0 unspecified atom stereocenters. The molecule has 1 saturated heterocycles. The second kappa shape index (κ2) is 8.48. The highest BCUT2D eigenvalue weighted by atomic mass is 32.2. The molecule has 2 aromatic heterocycles. The first-order valence-electron chi connectivity index (χ1n) is 10.5. The summed E-state index contributed by atoms with van der Waals surface area (Å²) in [6, 6.07) is 10.2. The summed E-state index contributed by atoms with van der Waals surface area (Å²) >= 11 is 1.03. The maximum absolute atomic E-state index is 10.5. The number of nitrogens with zero attached hydrogens (tertiary/aromatic N) is 2. The third-order valence-electron chi connectivity index (χ3n) is 6.24. The van der Waals surface area contributed by atoms with E-state index in [0.29, 0.717) is 10.6 Å². The van der Waals surface area contributed by atoms with Gasteiger partial charge in [-0.1, -0.05) is 30.0 Å². The first-order chi connectivity index (χ1) is 15.5. The van der Waals surface area contributed by atoms with Crippen molar-refractivity contribution in [3.8, 4) is 17.2 Å². The fraction of sp³-hybridized carbons (Fsp3) is 0.391. The molecule has 1 fully saturated rings. The number of aliphatic hydroxyl groups excluding tert-OH is 4. The van der Waals surface area contributed by atoms with E-state index in [4.69, 9.17) is 9.72 Å². The van der Waals surface area contributed by atoms with Gasteiger partial charge in [-0.25, -0.2) is 4.98 Å². The number of aromatic nitrogens is 2. The van der Waals surface area contributed by atoms with Gasteiger partial charge in [-0.15, -0.1) is 0 Å². The number of H-pyrrole nitrogens is 1. The Balaban J connectivity index is 1.62. The number of hydrogen-bond donors (Lipinski definition) is 5. The molecular formula is C23H23N3O5S. The molecule has 8 nitrogen and oxygen atoms in total. The molecule has 5 rings (SSSR count). The Kier molecular flexibility index (Phi) is 5.67. The number of fused-ring (bicyclic) bond motifs is 2. The Labute approximate surface area is 188 Å². The number of rotatable bonds is 4. The van der Waals surface area contributed by atoms with Gasteiger partial charge >= 0.3 is 0 Å². The largest absolute Gasteiger partial charge is 0.394 e. The molecule has 3 aromatic rings. The number of benzene rings is 1. The number of pyridine rings is 1. The van der Waals surface area contributed by atoms with Gasteiger partial charge < -0.3 is 30.1 Å². The zero-order chi connectivity index (χ0) is 22.4. The van der Waals surface area contributed by atoms with Crippen LogP contribution < -0.4 is 0 Å². The summed E-state index contributed by atoms with van der Waals surface area (Å²) in [4.78, 5) is 8.00. The van der Waals surface area contributed by atoms with Gasteiger partial charge in [0, 0.05) is 33.9 Å². The van der Waals surface area contributed by atoms with Crippen LogP contribution in [-0.4, -0.2) is 66.9 Å². The molecular weight excluding hydrogens is 430 g/mol. The van der Waals surface area contributed by atoms with E-state index in [1.165, 1.54) is 0 Å². The number of nitrogens with one attached hydrogen (secondary N) is 1. The number of aliphatic hydroxyl groups is 4. The third kappa shape index (κ3) is 3.40. The predicted molar refractivity (Wildman–Crippen MR) is 118 cm³/mol. The number of aromatic amines is 1. The number of nitriles is 1. The molecule has 0 saturated carbocycles. The van der Waals surface area contributed by atoms with Gasteiger partial charge in [0.15, 0.2) is 0 Å². The quantitative estimate of drug-likeness (QED) is 0.400. The van der Waals surface area contributed by atoms with E-state index < -0.39 is 36.5 Å². The van der Waals surface area contributed by atoms with Crippen molar-refractivity contribution in [2.75, 3.05) is 6.61 Å². The van der Waals surface area contributed by atoms with Crippen LogP contribution >= 0.6 is 11.8 Å². The van der Waals surface area contributed by atoms with Gasteiger partial charge in [-0.3, -0.25) is 0 Å². The number of hydrogen-bond acceptors (Lipinski definition) is 8. The highest BCUT2D eigenvalue weighted by molar-refractivity contribution is 7.99. The second-order valence-corrected chi connectivity index (χ2v) is 9.21. The highest BCUT2D eigenvalue weighted by Gasteiger charge is 2.44. The molecule has 5 atom stereocenters. The van der Waals surface area contributed by atoms with Gasteiger partial charge in [0.2, 0.25) is 0 Å². The third-order valence-corrected chi connectivity index (χ3v) is 7.38. The van der Waals surface area contributed by atoms with E-state index in [0.717, 1.165) is 64.3 Å². The Hall–Kier alpha value is -2.45. The Morgan fingerprint density at radius 1 is 1.16 bits per heavy atom. The van der Waals surface area contributed by atoms with Crippen molar-refractivity contribution < 1.29 is 25.2 Å². The first kappa shape index (κ1) is 21.4.